The Bertz CT molecular complexity index is 103. The maximum absolute atomic E-state index is 2.27. The third kappa shape index (κ3) is 29.6. The van der Waals surface area contributed by atoms with E-state index in [1.807, 2.05) is 0 Å². The van der Waals surface area contributed by atoms with Crippen molar-refractivity contribution in [1.29, 1.82) is 0 Å². The first-order valence-electron chi connectivity index (χ1n) is 5.62. The zero-order valence-electron chi connectivity index (χ0n) is 11.7. The van der Waals surface area contributed by atoms with E-state index in [1.54, 1.807) is 0 Å². The zero-order chi connectivity index (χ0) is 11.1. The molecule has 0 aromatic heterocycles. The smallest absolute Gasteiger partial charge is 0 e. The minimum absolute atomic E-state index is 0. The van der Waals surface area contributed by atoms with Crippen molar-refractivity contribution in [3.05, 3.63) is 0 Å². The van der Waals surface area contributed by atoms with E-state index in [4.69, 9.17) is 0 Å². The largest absolute Gasteiger partial charge is 0.0654 e. The summed E-state index contributed by atoms with van der Waals surface area (Å²) in [5, 5.41) is 0. The van der Waals surface area contributed by atoms with Crippen LogP contribution < -0.4 is 0 Å². The van der Waals surface area contributed by atoms with Gasteiger partial charge in [-0.2, -0.15) is 0 Å². The van der Waals surface area contributed by atoms with Crippen molar-refractivity contribution in [2.75, 3.05) is 0 Å². The molecule has 0 aliphatic heterocycles. The first-order chi connectivity index (χ1) is 5.62. The highest BCUT2D eigenvalue weighted by Gasteiger charge is 2.06. The molecule has 0 aliphatic rings. The van der Waals surface area contributed by atoms with Gasteiger partial charge in [-0.05, 0) is 17.3 Å². The van der Waals surface area contributed by atoms with Crippen LogP contribution in [0.15, 0.2) is 0 Å². The monoisotopic (exact) mass is 197 g/mol. The molecule has 0 aliphatic carbocycles. The molecule has 0 heterocycles. The first-order valence-corrected chi connectivity index (χ1v) is 5.62. The third-order valence-corrected chi connectivity index (χ3v) is 2.06. The summed E-state index contributed by atoms with van der Waals surface area (Å²) < 4.78 is 0. The van der Waals surface area contributed by atoms with E-state index in [9.17, 15) is 0 Å². The molecule has 0 nitrogen and oxygen atoms in total. The third-order valence-electron chi connectivity index (χ3n) is 2.06. The summed E-state index contributed by atoms with van der Waals surface area (Å²) in [5.74, 6) is 0. The fraction of sp³-hybridized carbons (Fsp3) is 1.00. The van der Waals surface area contributed by atoms with Crippen molar-refractivity contribution in [1.82, 2.24) is 0 Å². The maximum atomic E-state index is 2.27. The molecule has 0 unspecified atom stereocenters. The molecule has 0 atom stereocenters. The minimum Gasteiger partial charge on any atom is -0.0654 e. The highest BCUT2D eigenvalue weighted by atomic mass is 14.1. The second-order valence-electron chi connectivity index (χ2n) is 6.22. The molecule has 0 bridgehead atoms. The molecule has 3 radical (unpaired) electrons. The van der Waals surface area contributed by atoms with Crippen molar-refractivity contribution in [3.8, 4) is 0 Å². The van der Waals surface area contributed by atoms with Crippen LogP contribution in [0, 0.1) is 10.8 Å². The fourth-order valence-electron chi connectivity index (χ4n) is 0.750. The van der Waals surface area contributed by atoms with Gasteiger partial charge in [-0.3, -0.25) is 0 Å². The molecule has 0 spiro atoms. The molecule has 0 saturated carbocycles. The quantitative estimate of drug-likeness (QED) is 0.525. The molecule has 0 saturated heterocycles. The highest BCUT2D eigenvalue weighted by Crippen LogP contribution is 2.19. The predicted molar refractivity (Wildman–Crippen MR) is 69.9 cm³/mol. The van der Waals surface area contributed by atoms with Crippen LogP contribution >= 0.6 is 0 Å². The van der Waals surface area contributed by atoms with Gasteiger partial charge in [-0.15, -0.1) is 0 Å². The Hall–Kier alpha value is 0.0649. The van der Waals surface area contributed by atoms with E-state index in [2.05, 4.69) is 55.4 Å². The van der Waals surface area contributed by atoms with Crippen LogP contribution in [0.1, 0.15) is 74.7 Å². The van der Waals surface area contributed by atoms with Crippen molar-refractivity contribution < 1.29 is 0 Å². The second-order valence-corrected chi connectivity index (χ2v) is 6.22. The molecule has 0 fully saturated rings. The van der Waals surface area contributed by atoms with Crippen LogP contribution in [0.25, 0.3) is 0 Å². The molecule has 85 valence electrons. The van der Waals surface area contributed by atoms with Crippen LogP contribution in [-0.4, -0.2) is 8.41 Å². The first kappa shape index (κ1) is 19.6. The summed E-state index contributed by atoms with van der Waals surface area (Å²) in [6, 6.07) is 0. The standard InChI is InChI=1S/C7H16.C6H14.B/c1-5-6-7(2,3)4;1-5-6(2,3)4;/h5-6H2,1-4H3;5H2,1-4H3;. The minimum atomic E-state index is 0. The van der Waals surface area contributed by atoms with Gasteiger partial charge in [0.25, 0.3) is 0 Å². The summed E-state index contributed by atoms with van der Waals surface area (Å²) in [4.78, 5) is 0. The highest BCUT2D eigenvalue weighted by molar-refractivity contribution is 5.75. The summed E-state index contributed by atoms with van der Waals surface area (Å²) in [6.45, 7) is 18.0. The van der Waals surface area contributed by atoms with Gasteiger partial charge in [0.2, 0.25) is 0 Å². The van der Waals surface area contributed by atoms with Gasteiger partial charge in [-0.1, -0.05) is 68.2 Å². The van der Waals surface area contributed by atoms with Gasteiger partial charge in [-0.25, -0.2) is 0 Å². The molecule has 0 N–H and O–H groups in total. The van der Waals surface area contributed by atoms with Crippen LogP contribution in [0.4, 0.5) is 0 Å². The van der Waals surface area contributed by atoms with Crippen LogP contribution in [0.5, 0.6) is 0 Å². The molecule has 0 amide bonds. The average molecular weight is 197 g/mol. The fourth-order valence-corrected chi connectivity index (χ4v) is 0.750. The van der Waals surface area contributed by atoms with Crippen molar-refractivity contribution in [3.63, 3.8) is 0 Å². The van der Waals surface area contributed by atoms with E-state index >= 15 is 0 Å². The van der Waals surface area contributed by atoms with Crippen LogP contribution in [-0.2, 0) is 0 Å². The molecular formula is C13H30B. The average Bonchev–Trinajstić information content (AvgIpc) is 1.84. The van der Waals surface area contributed by atoms with E-state index in [1.165, 1.54) is 19.3 Å². The van der Waals surface area contributed by atoms with Gasteiger partial charge in [0, 0.05) is 8.41 Å². The van der Waals surface area contributed by atoms with Gasteiger partial charge >= 0.3 is 0 Å². The molecular weight excluding hydrogens is 167 g/mol. The van der Waals surface area contributed by atoms with E-state index in [0.717, 1.165) is 0 Å². The molecule has 14 heavy (non-hydrogen) atoms. The molecule has 0 aromatic rings. The normalized spacial score (nSPS) is 11.1. The van der Waals surface area contributed by atoms with Gasteiger partial charge in [0.1, 0.15) is 0 Å². The van der Waals surface area contributed by atoms with Gasteiger partial charge in [0.05, 0.1) is 0 Å². The van der Waals surface area contributed by atoms with Crippen LogP contribution in [0.2, 0.25) is 0 Å². The second kappa shape index (κ2) is 8.38. The van der Waals surface area contributed by atoms with Crippen LogP contribution in [0.3, 0.4) is 0 Å². The zero-order valence-corrected chi connectivity index (χ0v) is 11.7. The maximum Gasteiger partial charge on any atom is 0 e. The predicted octanol–water partition coefficient (Wildman–Crippen LogP) is 4.89. The Balaban J connectivity index is -0.000000163. The van der Waals surface area contributed by atoms with E-state index in [-0.39, 0.29) is 8.41 Å². The Morgan fingerprint density at radius 3 is 1.00 bits per heavy atom. The molecule has 0 rings (SSSR count). The number of rotatable bonds is 1. The number of hydrogen-bond donors (Lipinski definition) is 0. The lowest BCUT2D eigenvalue weighted by Gasteiger charge is -2.15. The Labute approximate surface area is 94.4 Å². The Morgan fingerprint density at radius 1 is 0.714 bits per heavy atom. The lowest BCUT2D eigenvalue weighted by molar-refractivity contribution is 0.373. The van der Waals surface area contributed by atoms with E-state index < -0.39 is 0 Å². The van der Waals surface area contributed by atoms with Gasteiger partial charge in [0.15, 0.2) is 0 Å². The molecule has 1 heteroatoms. The summed E-state index contributed by atoms with van der Waals surface area (Å²) in [5.41, 5.74) is 1.09. The Kier molecular flexibility index (Phi) is 11.7. The van der Waals surface area contributed by atoms with Crippen molar-refractivity contribution >= 4 is 8.41 Å². The summed E-state index contributed by atoms with van der Waals surface area (Å²) in [6.07, 6.45) is 3.92. The number of hydrogen-bond acceptors (Lipinski definition) is 0. The van der Waals surface area contributed by atoms with Gasteiger partial charge < -0.3 is 0 Å². The summed E-state index contributed by atoms with van der Waals surface area (Å²) >= 11 is 0. The Morgan fingerprint density at radius 2 is 1.00 bits per heavy atom. The SMILES string of the molecule is CCC(C)(C)C.CCCC(C)(C)C.[B]. The van der Waals surface area contributed by atoms with Crippen molar-refractivity contribution in [2.45, 2.75) is 74.7 Å². The van der Waals surface area contributed by atoms with E-state index in [0.29, 0.717) is 10.8 Å². The van der Waals surface area contributed by atoms with Crippen molar-refractivity contribution in [2.24, 2.45) is 10.8 Å². The molecule has 0 aromatic carbocycles. The topological polar surface area (TPSA) is 0 Å². The lowest BCUT2D eigenvalue weighted by Crippen LogP contribution is -2.02. The lowest BCUT2D eigenvalue weighted by atomic mass is 9.91. The summed E-state index contributed by atoms with van der Waals surface area (Å²) in [7, 11) is 0.